The van der Waals surface area contributed by atoms with E-state index in [1.165, 1.54) is 0 Å². The van der Waals surface area contributed by atoms with Crippen molar-refractivity contribution in [3.8, 4) is 0 Å². The first-order valence-corrected chi connectivity index (χ1v) is 8.69. The van der Waals surface area contributed by atoms with Crippen LogP contribution in [0, 0.1) is 5.92 Å². The minimum Gasteiger partial charge on any atom is -0.444 e. The van der Waals surface area contributed by atoms with Gasteiger partial charge in [-0.15, -0.1) is 0 Å². The zero-order valence-corrected chi connectivity index (χ0v) is 15.3. The fraction of sp³-hybridized carbons (Fsp3) is 0.526. The van der Waals surface area contributed by atoms with E-state index >= 15 is 0 Å². The molecule has 0 N–H and O–H groups in total. The average Bonchev–Trinajstić information content (AvgIpc) is 3.11. The molecule has 1 atom stereocenters. The molecule has 0 saturated carbocycles. The smallest absolute Gasteiger partial charge is 0.410 e. The van der Waals surface area contributed by atoms with Gasteiger partial charge in [0.05, 0.1) is 11.0 Å². The quantitative estimate of drug-likeness (QED) is 0.800. The third-order valence-corrected chi connectivity index (χ3v) is 4.35. The Kier molecular flexibility index (Phi) is 4.54. The summed E-state index contributed by atoms with van der Waals surface area (Å²) in [5.74, 6) is 0.721. The van der Waals surface area contributed by atoms with E-state index in [0.717, 1.165) is 17.5 Å². The van der Waals surface area contributed by atoms with Crippen LogP contribution in [-0.4, -0.2) is 45.0 Å². The molecule has 1 amide bonds. The molecule has 1 aliphatic heterocycles. The van der Waals surface area contributed by atoms with Gasteiger partial charge in [0, 0.05) is 26.6 Å². The first-order chi connectivity index (χ1) is 11.7. The van der Waals surface area contributed by atoms with Gasteiger partial charge in [-0.25, -0.2) is 9.78 Å². The first-order valence-electron chi connectivity index (χ1n) is 8.69. The number of imidazole rings is 1. The molecule has 6 heteroatoms. The summed E-state index contributed by atoms with van der Waals surface area (Å²) in [7, 11) is 0. The summed E-state index contributed by atoms with van der Waals surface area (Å²) in [5, 5.41) is 0. The Morgan fingerprint density at radius 1 is 1.28 bits per heavy atom. The maximum atomic E-state index is 12.2. The zero-order valence-electron chi connectivity index (χ0n) is 15.3. The van der Waals surface area contributed by atoms with Gasteiger partial charge in [-0.1, -0.05) is 12.1 Å². The lowest BCUT2D eigenvalue weighted by Crippen LogP contribution is -2.35. The van der Waals surface area contributed by atoms with Gasteiger partial charge in [0.25, 0.3) is 0 Å². The van der Waals surface area contributed by atoms with Crippen LogP contribution < -0.4 is 0 Å². The molecule has 0 spiro atoms. The van der Waals surface area contributed by atoms with Crippen molar-refractivity contribution < 1.29 is 14.3 Å². The summed E-state index contributed by atoms with van der Waals surface area (Å²) < 4.78 is 7.44. The molecule has 1 fully saturated rings. The highest BCUT2D eigenvalue weighted by atomic mass is 16.6. The van der Waals surface area contributed by atoms with Gasteiger partial charge >= 0.3 is 6.09 Å². The average molecular weight is 343 g/mol. The lowest BCUT2D eigenvalue weighted by atomic mass is 10.1. The molecule has 3 rings (SSSR count). The van der Waals surface area contributed by atoms with E-state index in [9.17, 15) is 9.59 Å². The molecule has 0 unspecified atom stereocenters. The molecule has 1 aromatic carbocycles. The number of hydrogen-bond donors (Lipinski definition) is 0. The van der Waals surface area contributed by atoms with Gasteiger partial charge in [0.1, 0.15) is 5.60 Å². The Hall–Kier alpha value is -2.37. The van der Waals surface area contributed by atoms with Crippen molar-refractivity contribution in [2.45, 2.75) is 46.3 Å². The summed E-state index contributed by atoms with van der Waals surface area (Å²) in [4.78, 5) is 30.4. The number of hydrogen-bond acceptors (Lipinski definition) is 4. The SMILES string of the molecule is CC(=O)c1nc2ccccc2n1C[C@H]1CCN(C(=O)OC(C)(C)C)C1. The number of ketones is 1. The Morgan fingerprint density at radius 2 is 2.00 bits per heavy atom. The summed E-state index contributed by atoms with van der Waals surface area (Å²) >= 11 is 0. The van der Waals surface area contributed by atoms with Gasteiger partial charge in [-0.3, -0.25) is 4.79 Å². The number of para-hydroxylation sites is 2. The number of carbonyl (C=O) groups is 2. The number of likely N-dealkylation sites (tertiary alicyclic amines) is 1. The van der Waals surface area contributed by atoms with E-state index in [0.29, 0.717) is 25.5 Å². The van der Waals surface area contributed by atoms with Gasteiger partial charge < -0.3 is 14.2 Å². The number of ether oxygens (including phenoxy) is 1. The molecule has 2 aromatic rings. The van der Waals surface area contributed by atoms with E-state index < -0.39 is 5.60 Å². The van der Waals surface area contributed by atoms with Gasteiger partial charge in [0.15, 0.2) is 11.6 Å². The predicted molar refractivity (Wildman–Crippen MR) is 95.7 cm³/mol. The minimum atomic E-state index is -0.489. The standard InChI is InChI=1S/C19H25N3O3/c1-13(23)17-20-15-7-5-6-8-16(15)22(17)12-14-9-10-21(11-14)18(24)25-19(2,3)4/h5-8,14H,9-12H2,1-4H3/t14-/m0/s1. The number of carbonyl (C=O) groups excluding carboxylic acids is 2. The maximum absolute atomic E-state index is 12.2. The fourth-order valence-corrected chi connectivity index (χ4v) is 3.26. The molecule has 0 aliphatic carbocycles. The van der Waals surface area contributed by atoms with E-state index in [1.807, 2.05) is 49.6 Å². The van der Waals surface area contributed by atoms with Crippen LogP contribution in [0.15, 0.2) is 24.3 Å². The number of nitrogens with zero attached hydrogens (tertiary/aromatic N) is 3. The molecule has 1 aliphatic rings. The summed E-state index contributed by atoms with van der Waals surface area (Å²) in [5.41, 5.74) is 1.30. The van der Waals surface area contributed by atoms with Crippen molar-refractivity contribution in [1.82, 2.24) is 14.5 Å². The highest BCUT2D eigenvalue weighted by molar-refractivity contribution is 5.94. The van der Waals surface area contributed by atoms with E-state index in [2.05, 4.69) is 4.98 Å². The zero-order chi connectivity index (χ0) is 18.2. The lowest BCUT2D eigenvalue weighted by Gasteiger charge is -2.24. The third-order valence-electron chi connectivity index (χ3n) is 4.35. The van der Waals surface area contributed by atoms with Crippen molar-refractivity contribution in [2.24, 2.45) is 5.92 Å². The summed E-state index contributed by atoms with van der Waals surface area (Å²) in [6.07, 6.45) is 0.626. The van der Waals surface area contributed by atoms with Crippen molar-refractivity contribution >= 4 is 22.9 Å². The van der Waals surface area contributed by atoms with Crippen LogP contribution in [0.25, 0.3) is 11.0 Å². The first kappa shape index (κ1) is 17.5. The van der Waals surface area contributed by atoms with Crippen LogP contribution in [0.3, 0.4) is 0 Å². The molecule has 6 nitrogen and oxygen atoms in total. The monoisotopic (exact) mass is 343 g/mol. The Bertz CT molecular complexity index is 804. The van der Waals surface area contributed by atoms with E-state index in [1.54, 1.807) is 11.8 Å². The van der Waals surface area contributed by atoms with Gasteiger partial charge in [-0.2, -0.15) is 0 Å². The molecular weight excluding hydrogens is 318 g/mol. The minimum absolute atomic E-state index is 0.0433. The van der Waals surface area contributed by atoms with Crippen molar-refractivity contribution in [2.75, 3.05) is 13.1 Å². The van der Waals surface area contributed by atoms with E-state index in [-0.39, 0.29) is 17.8 Å². The van der Waals surface area contributed by atoms with Crippen LogP contribution >= 0.6 is 0 Å². The second-order valence-corrected chi connectivity index (χ2v) is 7.67. The Morgan fingerprint density at radius 3 is 2.68 bits per heavy atom. The highest BCUT2D eigenvalue weighted by Gasteiger charge is 2.30. The largest absolute Gasteiger partial charge is 0.444 e. The number of benzene rings is 1. The van der Waals surface area contributed by atoms with Crippen LogP contribution in [0.1, 0.15) is 44.7 Å². The molecule has 25 heavy (non-hydrogen) atoms. The van der Waals surface area contributed by atoms with Crippen molar-refractivity contribution in [3.05, 3.63) is 30.1 Å². The van der Waals surface area contributed by atoms with Crippen LogP contribution in [-0.2, 0) is 11.3 Å². The molecule has 2 heterocycles. The van der Waals surface area contributed by atoms with Crippen LogP contribution in [0.2, 0.25) is 0 Å². The maximum Gasteiger partial charge on any atom is 0.410 e. The second kappa shape index (κ2) is 6.50. The predicted octanol–water partition coefficient (Wildman–Crippen LogP) is 3.50. The molecule has 0 radical (unpaired) electrons. The Labute approximate surface area is 147 Å². The van der Waals surface area contributed by atoms with Crippen molar-refractivity contribution in [1.29, 1.82) is 0 Å². The topological polar surface area (TPSA) is 64.4 Å². The molecular formula is C19H25N3O3. The van der Waals surface area contributed by atoms with Crippen molar-refractivity contribution in [3.63, 3.8) is 0 Å². The van der Waals surface area contributed by atoms with Crippen LogP contribution in [0.4, 0.5) is 4.79 Å². The molecule has 1 saturated heterocycles. The lowest BCUT2D eigenvalue weighted by molar-refractivity contribution is 0.0287. The Balaban J connectivity index is 1.76. The van der Waals surface area contributed by atoms with E-state index in [4.69, 9.17) is 4.74 Å². The summed E-state index contributed by atoms with van der Waals surface area (Å²) in [6, 6.07) is 7.77. The number of fused-ring (bicyclic) bond motifs is 1. The molecule has 1 aromatic heterocycles. The molecule has 0 bridgehead atoms. The second-order valence-electron chi connectivity index (χ2n) is 7.67. The third kappa shape index (κ3) is 3.83. The van der Waals surface area contributed by atoms with Crippen LogP contribution in [0.5, 0.6) is 0 Å². The summed E-state index contributed by atoms with van der Waals surface area (Å²) in [6.45, 7) is 9.15. The molecule has 134 valence electrons. The number of aromatic nitrogens is 2. The van der Waals surface area contributed by atoms with Gasteiger partial charge in [0.2, 0.25) is 0 Å². The van der Waals surface area contributed by atoms with Gasteiger partial charge in [-0.05, 0) is 45.2 Å². The number of rotatable bonds is 3. The normalized spacial score (nSPS) is 17.9. The fourth-order valence-electron chi connectivity index (χ4n) is 3.26. The number of amides is 1. The number of Topliss-reactive ketones (excluding diaryl/α,β-unsaturated/α-hetero) is 1. The highest BCUT2D eigenvalue weighted by Crippen LogP contribution is 2.24.